The fourth-order valence-electron chi connectivity index (χ4n) is 1.29. The number of nitrogens with one attached hydrogen (secondary N) is 1. The molecule has 0 aliphatic carbocycles. The van der Waals surface area contributed by atoms with E-state index in [1.807, 2.05) is 51.1 Å². The summed E-state index contributed by atoms with van der Waals surface area (Å²) in [6.07, 6.45) is 0.324. The fourth-order valence-corrected chi connectivity index (χ4v) is 1.29. The van der Waals surface area contributed by atoms with Crippen LogP contribution >= 0.6 is 0 Å². The number of benzene rings is 1. The molecule has 1 aromatic rings. The maximum atomic E-state index is 11.5. The molecule has 3 nitrogen and oxygen atoms in total. The van der Waals surface area contributed by atoms with Gasteiger partial charge in [-0.2, -0.15) is 0 Å². The van der Waals surface area contributed by atoms with Gasteiger partial charge < -0.3 is 10.1 Å². The van der Waals surface area contributed by atoms with E-state index in [4.69, 9.17) is 4.74 Å². The van der Waals surface area contributed by atoms with Crippen molar-refractivity contribution in [1.82, 2.24) is 5.32 Å². The third kappa shape index (κ3) is 3.93. The second kappa shape index (κ2) is 6.16. The maximum absolute atomic E-state index is 11.5. The SMILES string of the molecule is CC[C@@H](C)NC(=O)O[C@@H](C)c1ccccc1. The smallest absolute Gasteiger partial charge is 0.407 e. The van der Waals surface area contributed by atoms with E-state index in [1.165, 1.54) is 0 Å². The lowest BCUT2D eigenvalue weighted by Crippen LogP contribution is -2.33. The summed E-state index contributed by atoms with van der Waals surface area (Å²) in [6.45, 7) is 5.84. The van der Waals surface area contributed by atoms with Crippen molar-refractivity contribution >= 4 is 6.09 Å². The molecule has 1 N–H and O–H groups in total. The van der Waals surface area contributed by atoms with Gasteiger partial charge in [-0.25, -0.2) is 4.79 Å². The second-order valence-corrected chi connectivity index (χ2v) is 3.91. The van der Waals surface area contributed by atoms with Crippen molar-refractivity contribution < 1.29 is 9.53 Å². The molecule has 1 aromatic carbocycles. The van der Waals surface area contributed by atoms with Crippen molar-refractivity contribution in [2.24, 2.45) is 0 Å². The van der Waals surface area contributed by atoms with Crippen LogP contribution in [0.3, 0.4) is 0 Å². The van der Waals surface area contributed by atoms with Gasteiger partial charge in [0.15, 0.2) is 0 Å². The molecular formula is C13H19NO2. The Hall–Kier alpha value is -1.51. The second-order valence-electron chi connectivity index (χ2n) is 3.91. The minimum atomic E-state index is -0.356. The summed E-state index contributed by atoms with van der Waals surface area (Å²) in [5.74, 6) is 0. The van der Waals surface area contributed by atoms with Gasteiger partial charge in [-0.05, 0) is 25.8 Å². The van der Waals surface area contributed by atoms with Crippen molar-refractivity contribution in [3.8, 4) is 0 Å². The lowest BCUT2D eigenvalue weighted by atomic mass is 10.1. The zero-order valence-corrected chi connectivity index (χ0v) is 10.1. The summed E-state index contributed by atoms with van der Waals surface area (Å²) in [7, 11) is 0. The van der Waals surface area contributed by atoms with E-state index in [1.54, 1.807) is 0 Å². The van der Waals surface area contributed by atoms with Crippen LogP contribution in [0.25, 0.3) is 0 Å². The number of hydrogen-bond acceptors (Lipinski definition) is 2. The van der Waals surface area contributed by atoms with Gasteiger partial charge in [0.2, 0.25) is 0 Å². The summed E-state index contributed by atoms with van der Waals surface area (Å²) in [4.78, 5) is 11.5. The molecule has 2 atom stereocenters. The van der Waals surface area contributed by atoms with Gasteiger partial charge in [0.25, 0.3) is 0 Å². The van der Waals surface area contributed by atoms with Crippen LogP contribution in [0.15, 0.2) is 30.3 Å². The Morgan fingerprint density at radius 2 is 1.94 bits per heavy atom. The first-order chi connectivity index (χ1) is 7.63. The summed E-state index contributed by atoms with van der Waals surface area (Å²) < 4.78 is 5.26. The van der Waals surface area contributed by atoms with Gasteiger partial charge in [-0.1, -0.05) is 37.3 Å². The third-order valence-electron chi connectivity index (χ3n) is 2.53. The Morgan fingerprint density at radius 3 is 2.50 bits per heavy atom. The summed E-state index contributed by atoms with van der Waals surface area (Å²) in [6, 6.07) is 9.84. The highest BCUT2D eigenvalue weighted by molar-refractivity contribution is 5.67. The van der Waals surface area contributed by atoms with E-state index < -0.39 is 0 Å². The van der Waals surface area contributed by atoms with E-state index in [2.05, 4.69) is 5.32 Å². The largest absolute Gasteiger partial charge is 0.442 e. The third-order valence-corrected chi connectivity index (χ3v) is 2.53. The van der Waals surface area contributed by atoms with E-state index >= 15 is 0 Å². The van der Waals surface area contributed by atoms with Gasteiger partial charge in [-0.15, -0.1) is 0 Å². The number of ether oxygens (including phenoxy) is 1. The number of rotatable bonds is 4. The first kappa shape index (κ1) is 12.6. The highest BCUT2D eigenvalue weighted by Gasteiger charge is 2.12. The average Bonchev–Trinajstić information content (AvgIpc) is 2.29. The molecule has 0 saturated carbocycles. The molecule has 1 amide bonds. The van der Waals surface area contributed by atoms with E-state index in [0.717, 1.165) is 12.0 Å². The molecule has 16 heavy (non-hydrogen) atoms. The molecule has 0 saturated heterocycles. The van der Waals surface area contributed by atoms with Crippen LogP contribution in [-0.2, 0) is 4.74 Å². The number of carbonyl (C=O) groups is 1. The molecule has 3 heteroatoms. The molecule has 0 unspecified atom stereocenters. The Bertz CT molecular complexity index is 324. The molecule has 0 fully saturated rings. The molecule has 0 radical (unpaired) electrons. The lowest BCUT2D eigenvalue weighted by Gasteiger charge is -2.16. The van der Waals surface area contributed by atoms with Crippen LogP contribution in [0.4, 0.5) is 4.79 Å². The van der Waals surface area contributed by atoms with Crippen molar-refractivity contribution in [2.75, 3.05) is 0 Å². The van der Waals surface area contributed by atoms with Gasteiger partial charge in [-0.3, -0.25) is 0 Å². The van der Waals surface area contributed by atoms with Crippen molar-refractivity contribution in [3.63, 3.8) is 0 Å². The van der Waals surface area contributed by atoms with Crippen LogP contribution in [0.1, 0.15) is 38.9 Å². The topological polar surface area (TPSA) is 38.3 Å². The molecule has 88 valence electrons. The van der Waals surface area contributed by atoms with Crippen LogP contribution in [0.5, 0.6) is 0 Å². The molecule has 0 bridgehead atoms. The highest BCUT2D eigenvalue weighted by atomic mass is 16.6. The molecule has 0 spiro atoms. The van der Waals surface area contributed by atoms with Gasteiger partial charge in [0.1, 0.15) is 6.10 Å². The average molecular weight is 221 g/mol. The molecule has 1 rings (SSSR count). The highest BCUT2D eigenvalue weighted by Crippen LogP contribution is 2.15. The number of amides is 1. The maximum Gasteiger partial charge on any atom is 0.407 e. The molecule has 0 aromatic heterocycles. The number of alkyl carbamates (subject to hydrolysis) is 1. The zero-order chi connectivity index (χ0) is 12.0. The predicted octanol–water partition coefficient (Wildman–Crippen LogP) is 3.27. The monoisotopic (exact) mass is 221 g/mol. The minimum Gasteiger partial charge on any atom is -0.442 e. The Balaban J connectivity index is 2.46. The van der Waals surface area contributed by atoms with Crippen molar-refractivity contribution in [2.45, 2.75) is 39.3 Å². The Labute approximate surface area is 96.8 Å². The number of carbonyl (C=O) groups excluding carboxylic acids is 1. The zero-order valence-electron chi connectivity index (χ0n) is 10.1. The first-order valence-electron chi connectivity index (χ1n) is 5.65. The minimum absolute atomic E-state index is 0.149. The summed E-state index contributed by atoms with van der Waals surface area (Å²) in [5, 5.41) is 2.77. The standard InChI is InChI=1S/C13H19NO2/c1-4-10(2)14-13(15)16-11(3)12-8-6-5-7-9-12/h5-11H,4H2,1-3H3,(H,14,15)/t10-,11+/m1/s1. The van der Waals surface area contributed by atoms with E-state index in [9.17, 15) is 4.79 Å². The Kier molecular flexibility index (Phi) is 4.83. The first-order valence-corrected chi connectivity index (χ1v) is 5.65. The molecular weight excluding hydrogens is 202 g/mol. The quantitative estimate of drug-likeness (QED) is 0.847. The van der Waals surface area contributed by atoms with Crippen molar-refractivity contribution in [1.29, 1.82) is 0 Å². The van der Waals surface area contributed by atoms with Crippen LogP contribution < -0.4 is 5.32 Å². The predicted molar refractivity (Wildman–Crippen MR) is 64.2 cm³/mol. The van der Waals surface area contributed by atoms with Crippen molar-refractivity contribution in [3.05, 3.63) is 35.9 Å². The van der Waals surface area contributed by atoms with Crippen LogP contribution in [0, 0.1) is 0 Å². The molecule has 0 heterocycles. The fraction of sp³-hybridized carbons (Fsp3) is 0.462. The number of hydrogen-bond donors (Lipinski definition) is 1. The van der Waals surface area contributed by atoms with Gasteiger partial charge in [0, 0.05) is 6.04 Å². The van der Waals surface area contributed by atoms with Gasteiger partial charge in [0.05, 0.1) is 0 Å². The normalized spacial score (nSPS) is 13.9. The summed E-state index contributed by atoms with van der Waals surface area (Å²) >= 11 is 0. The Morgan fingerprint density at radius 1 is 1.31 bits per heavy atom. The summed E-state index contributed by atoms with van der Waals surface area (Å²) in [5.41, 5.74) is 1.00. The molecule has 0 aliphatic heterocycles. The van der Waals surface area contributed by atoms with E-state index in [0.29, 0.717) is 0 Å². The van der Waals surface area contributed by atoms with E-state index in [-0.39, 0.29) is 18.2 Å². The van der Waals surface area contributed by atoms with Gasteiger partial charge >= 0.3 is 6.09 Å². The van der Waals surface area contributed by atoms with Crippen LogP contribution in [-0.4, -0.2) is 12.1 Å². The molecule has 0 aliphatic rings. The van der Waals surface area contributed by atoms with Crippen LogP contribution in [0.2, 0.25) is 0 Å². The lowest BCUT2D eigenvalue weighted by molar-refractivity contribution is 0.104.